The minimum Gasteiger partial charge on any atom is -0.447 e. The number of sulfone groups is 1. The Hall–Kier alpha value is -0.780. The summed E-state index contributed by atoms with van der Waals surface area (Å²) in [6.07, 6.45) is 0.200. The van der Waals surface area contributed by atoms with Crippen molar-refractivity contribution < 1.29 is 17.9 Å². The van der Waals surface area contributed by atoms with Gasteiger partial charge in [-0.05, 0) is 12.3 Å². The number of alkyl carbamates (subject to hydrolysis) is 1. The molecule has 0 saturated carbocycles. The van der Waals surface area contributed by atoms with Gasteiger partial charge in [0.15, 0.2) is 9.84 Å². The van der Waals surface area contributed by atoms with Crippen LogP contribution in [0.2, 0.25) is 0 Å². The lowest BCUT2D eigenvalue weighted by molar-refractivity contribution is 0.175. The van der Waals surface area contributed by atoms with Crippen molar-refractivity contribution in [3.05, 3.63) is 0 Å². The van der Waals surface area contributed by atoms with Gasteiger partial charge in [0.25, 0.3) is 0 Å². The van der Waals surface area contributed by atoms with Crippen LogP contribution >= 0.6 is 0 Å². The number of cyclic esters (lactones) is 1. The van der Waals surface area contributed by atoms with Gasteiger partial charge in [0, 0.05) is 0 Å². The highest BCUT2D eigenvalue weighted by Gasteiger charge is 2.37. The Labute approximate surface area is 76.4 Å². The fraction of sp³-hybridized carbons (Fsp3) is 0.857. The minimum atomic E-state index is -2.86. The molecule has 2 fully saturated rings. The van der Waals surface area contributed by atoms with Crippen LogP contribution in [0.25, 0.3) is 0 Å². The van der Waals surface area contributed by atoms with E-state index in [0.29, 0.717) is 13.0 Å². The predicted molar refractivity (Wildman–Crippen MR) is 45.0 cm³/mol. The van der Waals surface area contributed by atoms with E-state index in [9.17, 15) is 13.2 Å². The average Bonchev–Trinajstić information content (AvgIpc) is 2.56. The molecule has 0 aromatic heterocycles. The molecule has 0 spiro atoms. The van der Waals surface area contributed by atoms with Crippen LogP contribution in [0.5, 0.6) is 0 Å². The van der Waals surface area contributed by atoms with E-state index in [1.54, 1.807) is 0 Å². The van der Waals surface area contributed by atoms with Crippen molar-refractivity contribution >= 4 is 15.9 Å². The normalized spacial score (nSPS) is 37.1. The van der Waals surface area contributed by atoms with Crippen molar-refractivity contribution in [1.29, 1.82) is 0 Å². The first kappa shape index (κ1) is 8.80. The molecule has 2 aliphatic heterocycles. The SMILES string of the molecule is O=C1NC(C2CCS(=O)(=O)C2)CO1. The van der Waals surface area contributed by atoms with Crippen LogP contribution in [0.3, 0.4) is 0 Å². The Kier molecular flexibility index (Phi) is 1.94. The van der Waals surface area contributed by atoms with E-state index in [0.717, 1.165) is 0 Å². The second-order valence-corrected chi connectivity index (χ2v) is 5.74. The monoisotopic (exact) mass is 205 g/mol. The first-order valence-electron chi connectivity index (χ1n) is 4.20. The van der Waals surface area contributed by atoms with Crippen molar-refractivity contribution in [2.75, 3.05) is 18.1 Å². The van der Waals surface area contributed by atoms with E-state index in [4.69, 9.17) is 4.74 Å². The van der Waals surface area contributed by atoms with E-state index in [-0.39, 0.29) is 23.5 Å². The van der Waals surface area contributed by atoms with Crippen LogP contribution in [0.1, 0.15) is 6.42 Å². The Morgan fingerprint density at radius 1 is 1.46 bits per heavy atom. The smallest absolute Gasteiger partial charge is 0.407 e. The molecule has 1 amide bonds. The fourth-order valence-corrected chi connectivity index (χ4v) is 3.68. The van der Waals surface area contributed by atoms with Crippen molar-refractivity contribution in [3.63, 3.8) is 0 Å². The lowest BCUT2D eigenvalue weighted by Crippen LogP contribution is -2.34. The number of ether oxygens (including phenoxy) is 1. The summed E-state index contributed by atoms with van der Waals surface area (Å²) in [6.45, 7) is 0.305. The Morgan fingerprint density at radius 2 is 2.23 bits per heavy atom. The zero-order valence-electron chi connectivity index (χ0n) is 7.02. The third kappa shape index (κ3) is 1.77. The van der Waals surface area contributed by atoms with E-state index in [1.807, 2.05) is 0 Å². The molecule has 0 aromatic carbocycles. The molecule has 6 heteroatoms. The van der Waals surface area contributed by atoms with E-state index >= 15 is 0 Å². The summed E-state index contributed by atoms with van der Waals surface area (Å²) in [4.78, 5) is 10.7. The Balaban J connectivity index is 2.00. The fourth-order valence-electron chi connectivity index (χ4n) is 1.80. The summed E-state index contributed by atoms with van der Waals surface area (Å²) in [6, 6.07) is -0.107. The number of rotatable bonds is 1. The molecule has 0 radical (unpaired) electrons. The summed E-state index contributed by atoms with van der Waals surface area (Å²) < 4.78 is 27.0. The van der Waals surface area contributed by atoms with Crippen molar-refractivity contribution in [2.45, 2.75) is 12.5 Å². The minimum absolute atomic E-state index is 0.0384. The molecule has 13 heavy (non-hydrogen) atoms. The molecule has 0 aliphatic carbocycles. The van der Waals surface area contributed by atoms with Gasteiger partial charge >= 0.3 is 6.09 Å². The number of carbonyl (C=O) groups excluding carboxylic acids is 1. The quantitative estimate of drug-likeness (QED) is 0.628. The standard InChI is InChI=1S/C7H11NO4S/c9-7-8-6(3-12-7)5-1-2-13(10,11)4-5/h5-6H,1-4H2,(H,8,9). The van der Waals surface area contributed by atoms with Crippen molar-refractivity contribution in [1.82, 2.24) is 5.32 Å². The van der Waals surface area contributed by atoms with E-state index in [1.165, 1.54) is 0 Å². The third-order valence-corrected chi connectivity index (χ3v) is 4.33. The topological polar surface area (TPSA) is 72.5 Å². The van der Waals surface area contributed by atoms with Crippen LogP contribution in [-0.2, 0) is 14.6 Å². The van der Waals surface area contributed by atoms with Gasteiger partial charge < -0.3 is 10.1 Å². The molecular weight excluding hydrogens is 194 g/mol. The molecule has 1 N–H and O–H groups in total. The van der Waals surface area contributed by atoms with Gasteiger partial charge in [0.1, 0.15) is 6.61 Å². The molecule has 2 atom stereocenters. The molecule has 0 aromatic rings. The van der Waals surface area contributed by atoms with Crippen LogP contribution in [0.15, 0.2) is 0 Å². The molecule has 5 nitrogen and oxygen atoms in total. The van der Waals surface area contributed by atoms with Gasteiger partial charge in [-0.2, -0.15) is 0 Å². The number of nitrogens with one attached hydrogen (secondary N) is 1. The first-order valence-corrected chi connectivity index (χ1v) is 6.03. The van der Waals surface area contributed by atoms with E-state index in [2.05, 4.69) is 5.32 Å². The number of hydrogen-bond acceptors (Lipinski definition) is 4. The number of carbonyl (C=O) groups is 1. The maximum atomic E-state index is 11.1. The van der Waals surface area contributed by atoms with Gasteiger partial charge in [-0.15, -0.1) is 0 Å². The molecule has 2 heterocycles. The second-order valence-electron chi connectivity index (χ2n) is 3.51. The van der Waals surface area contributed by atoms with Gasteiger partial charge in [0.2, 0.25) is 0 Å². The van der Waals surface area contributed by atoms with Crippen LogP contribution in [0, 0.1) is 5.92 Å². The maximum Gasteiger partial charge on any atom is 0.407 e. The average molecular weight is 205 g/mol. The highest BCUT2D eigenvalue weighted by molar-refractivity contribution is 7.91. The summed E-state index contributed by atoms with van der Waals surface area (Å²) in [7, 11) is -2.86. The first-order chi connectivity index (χ1) is 6.07. The summed E-state index contributed by atoms with van der Waals surface area (Å²) in [5.41, 5.74) is 0. The van der Waals surface area contributed by atoms with Crippen LogP contribution in [0.4, 0.5) is 4.79 Å². The summed E-state index contributed by atoms with van der Waals surface area (Å²) in [5.74, 6) is 0.460. The molecule has 74 valence electrons. The lowest BCUT2D eigenvalue weighted by Gasteiger charge is -2.12. The zero-order valence-corrected chi connectivity index (χ0v) is 7.84. The molecule has 2 aliphatic rings. The highest BCUT2D eigenvalue weighted by atomic mass is 32.2. The maximum absolute atomic E-state index is 11.1. The van der Waals surface area contributed by atoms with Gasteiger partial charge in [-0.1, -0.05) is 0 Å². The largest absolute Gasteiger partial charge is 0.447 e. The number of hydrogen-bond donors (Lipinski definition) is 1. The van der Waals surface area contributed by atoms with Crippen LogP contribution < -0.4 is 5.32 Å². The molecule has 2 saturated heterocycles. The van der Waals surface area contributed by atoms with Crippen LogP contribution in [-0.4, -0.2) is 38.7 Å². The molecular formula is C7H11NO4S. The highest BCUT2D eigenvalue weighted by Crippen LogP contribution is 2.23. The van der Waals surface area contributed by atoms with Crippen molar-refractivity contribution in [2.24, 2.45) is 5.92 Å². The predicted octanol–water partition coefficient (Wildman–Crippen LogP) is -0.470. The second kappa shape index (κ2) is 2.87. The molecule has 2 rings (SSSR count). The van der Waals surface area contributed by atoms with Gasteiger partial charge in [-0.3, -0.25) is 0 Å². The number of amides is 1. The third-order valence-electron chi connectivity index (χ3n) is 2.53. The Morgan fingerprint density at radius 3 is 2.69 bits per heavy atom. The summed E-state index contributed by atoms with van der Waals surface area (Å²) in [5, 5.41) is 2.61. The summed E-state index contributed by atoms with van der Waals surface area (Å²) >= 11 is 0. The molecule has 2 unspecified atom stereocenters. The van der Waals surface area contributed by atoms with Gasteiger partial charge in [0.05, 0.1) is 17.5 Å². The van der Waals surface area contributed by atoms with Gasteiger partial charge in [-0.25, -0.2) is 13.2 Å². The van der Waals surface area contributed by atoms with E-state index < -0.39 is 15.9 Å². The zero-order chi connectivity index (χ0) is 9.47. The molecule has 0 bridgehead atoms. The lowest BCUT2D eigenvalue weighted by atomic mass is 10.0. The Bertz CT molecular complexity index is 323. The van der Waals surface area contributed by atoms with Crippen molar-refractivity contribution in [3.8, 4) is 0 Å².